The van der Waals surface area contributed by atoms with Crippen LogP contribution < -0.4 is 0 Å². The lowest BCUT2D eigenvalue weighted by Crippen LogP contribution is -2.31. The molecule has 0 radical (unpaired) electrons. The summed E-state index contributed by atoms with van der Waals surface area (Å²) in [6.45, 7) is 7.47. The van der Waals surface area contributed by atoms with Crippen LogP contribution in [-0.4, -0.2) is 44.0 Å². The normalized spacial score (nSPS) is 14.8. The Morgan fingerprint density at radius 2 is 2.32 bits per heavy atom. The average Bonchev–Trinajstić information content (AvgIpc) is 3.14. The van der Waals surface area contributed by atoms with Crippen molar-refractivity contribution in [1.82, 2.24) is 24.9 Å². The van der Waals surface area contributed by atoms with E-state index in [9.17, 15) is 4.79 Å². The summed E-state index contributed by atoms with van der Waals surface area (Å²) in [5.41, 5.74) is 3.78. The Labute approximate surface area is 129 Å². The minimum absolute atomic E-state index is 0.323. The summed E-state index contributed by atoms with van der Waals surface area (Å²) in [6.07, 6.45) is 4.63. The second-order valence-corrected chi connectivity index (χ2v) is 5.38. The van der Waals surface area contributed by atoms with E-state index < -0.39 is 0 Å². The minimum Gasteiger partial charge on any atom is -0.461 e. The number of rotatable bonds is 5. The molecule has 3 heterocycles. The van der Waals surface area contributed by atoms with Gasteiger partial charge in [-0.15, -0.1) is 0 Å². The van der Waals surface area contributed by atoms with Crippen LogP contribution in [0.5, 0.6) is 0 Å². The summed E-state index contributed by atoms with van der Waals surface area (Å²) in [5.74, 6) is -0.323. The molecule has 0 aliphatic carbocycles. The Balaban J connectivity index is 1.84. The molecule has 0 aromatic carbocycles. The van der Waals surface area contributed by atoms with Gasteiger partial charge in [-0.3, -0.25) is 14.7 Å². The fraction of sp³-hybridized carbons (Fsp3) is 0.533. The van der Waals surface area contributed by atoms with Crippen LogP contribution in [0.25, 0.3) is 0 Å². The van der Waals surface area contributed by atoms with Gasteiger partial charge in [0.05, 0.1) is 12.8 Å². The highest BCUT2D eigenvalue weighted by Gasteiger charge is 2.28. The summed E-state index contributed by atoms with van der Waals surface area (Å²) in [4.78, 5) is 14.4. The van der Waals surface area contributed by atoms with Crippen molar-refractivity contribution in [2.45, 2.75) is 39.9 Å². The number of nitrogens with zero attached hydrogens (tertiary/aromatic N) is 4. The third-order valence-corrected chi connectivity index (χ3v) is 3.94. The Bertz CT molecular complexity index is 647. The SMILES string of the molecule is CCOC(=O)c1nn(CC)c2c1CN(Cc1cn[nH]c1)CC2. The molecule has 0 spiro atoms. The van der Waals surface area contributed by atoms with Crippen molar-refractivity contribution in [3.05, 3.63) is 34.9 Å². The Kier molecular flexibility index (Phi) is 4.24. The average molecular weight is 303 g/mol. The van der Waals surface area contributed by atoms with Gasteiger partial charge in [0.2, 0.25) is 0 Å². The van der Waals surface area contributed by atoms with E-state index in [0.29, 0.717) is 18.8 Å². The van der Waals surface area contributed by atoms with Crippen molar-refractivity contribution in [1.29, 1.82) is 0 Å². The summed E-state index contributed by atoms with van der Waals surface area (Å²) >= 11 is 0. The van der Waals surface area contributed by atoms with E-state index >= 15 is 0 Å². The number of nitrogens with one attached hydrogen (secondary N) is 1. The maximum Gasteiger partial charge on any atom is 0.359 e. The van der Waals surface area contributed by atoms with Gasteiger partial charge in [0.15, 0.2) is 5.69 Å². The predicted octanol–water partition coefficient (Wildman–Crippen LogP) is 1.36. The zero-order chi connectivity index (χ0) is 15.5. The maximum absolute atomic E-state index is 12.1. The lowest BCUT2D eigenvalue weighted by Gasteiger charge is -2.27. The zero-order valence-corrected chi connectivity index (χ0v) is 13.0. The number of aromatic amines is 1. The summed E-state index contributed by atoms with van der Waals surface area (Å²) in [6, 6.07) is 0. The number of hydrogen-bond donors (Lipinski definition) is 1. The molecule has 118 valence electrons. The van der Waals surface area contributed by atoms with Gasteiger partial charge in [0.25, 0.3) is 0 Å². The van der Waals surface area contributed by atoms with Crippen LogP contribution in [0.3, 0.4) is 0 Å². The molecule has 7 heteroatoms. The van der Waals surface area contributed by atoms with E-state index in [1.165, 1.54) is 0 Å². The number of aromatic nitrogens is 4. The van der Waals surface area contributed by atoms with Crippen LogP contribution in [0.2, 0.25) is 0 Å². The number of H-pyrrole nitrogens is 1. The van der Waals surface area contributed by atoms with Crippen molar-refractivity contribution in [3.63, 3.8) is 0 Å². The fourth-order valence-electron chi connectivity index (χ4n) is 2.93. The van der Waals surface area contributed by atoms with Gasteiger partial charge in [-0.1, -0.05) is 0 Å². The first-order valence-electron chi connectivity index (χ1n) is 7.68. The van der Waals surface area contributed by atoms with E-state index in [1.54, 1.807) is 0 Å². The molecule has 2 aromatic heterocycles. The number of esters is 1. The van der Waals surface area contributed by atoms with Gasteiger partial charge in [-0.25, -0.2) is 4.79 Å². The largest absolute Gasteiger partial charge is 0.461 e. The molecule has 7 nitrogen and oxygen atoms in total. The van der Waals surface area contributed by atoms with E-state index in [2.05, 4.69) is 20.2 Å². The van der Waals surface area contributed by atoms with Gasteiger partial charge in [-0.2, -0.15) is 10.2 Å². The molecular formula is C15H21N5O2. The van der Waals surface area contributed by atoms with Crippen LogP contribution in [0, 0.1) is 0 Å². The van der Waals surface area contributed by atoms with Gasteiger partial charge in [0, 0.05) is 55.6 Å². The second-order valence-electron chi connectivity index (χ2n) is 5.38. The molecule has 0 atom stereocenters. The monoisotopic (exact) mass is 303 g/mol. The van der Waals surface area contributed by atoms with Crippen molar-refractivity contribution < 1.29 is 9.53 Å². The standard InChI is InChI=1S/C15H21N5O2/c1-3-20-13-5-6-19(9-11-7-16-17-8-11)10-12(13)14(18-20)15(21)22-4-2/h7-8H,3-6,9-10H2,1-2H3,(H,16,17). The summed E-state index contributed by atoms with van der Waals surface area (Å²) < 4.78 is 7.07. The molecule has 1 aliphatic heterocycles. The number of ether oxygens (including phenoxy) is 1. The van der Waals surface area contributed by atoms with E-state index in [1.807, 2.05) is 30.9 Å². The molecule has 22 heavy (non-hydrogen) atoms. The van der Waals surface area contributed by atoms with Gasteiger partial charge in [0.1, 0.15) is 0 Å². The first-order valence-corrected chi connectivity index (χ1v) is 7.68. The Morgan fingerprint density at radius 1 is 1.45 bits per heavy atom. The Hall–Kier alpha value is -2.15. The third-order valence-electron chi connectivity index (χ3n) is 3.94. The molecule has 1 N–H and O–H groups in total. The van der Waals surface area contributed by atoms with Crippen LogP contribution in [0.15, 0.2) is 12.4 Å². The van der Waals surface area contributed by atoms with Crippen LogP contribution >= 0.6 is 0 Å². The lowest BCUT2D eigenvalue weighted by molar-refractivity contribution is 0.0515. The van der Waals surface area contributed by atoms with E-state index in [-0.39, 0.29) is 5.97 Å². The highest BCUT2D eigenvalue weighted by molar-refractivity contribution is 5.89. The Morgan fingerprint density at radius 3 is 3.00 bits per heavy atom. The molecule has 0 saturated carbocycles. The topological polar surface area (TPSA) is 76.0 Å². The van der Waals surface area contributed by atoms with Gasteiger partial charge < -0.3 is 4.74 Å². The molecule has 0 saturated heterocycles. The predicted molar refractivity (Wildman–Crippen MR) is 80.3 cm³/mol. The molecular weight excluding hydrogens is 282 g/mol. The maximum atomic E-state index is 12.1. The number of hydrogen-bond acceptors (Lipinski definition) is 5. The van der Waals surface area contributed by atoms with Gasteiger partial charge >= 0.3 is 5.97 Å². The first-order chi connectivity index (χ1) is 10.7. The molecule has 0 bridgehead atoms. The van der Waals surface area contributed by atoms with Crippen molar-refractivity contribution in [2.24, 2.45) is 0 Å². The van der Waals surface area contributed by atoms with Crippen molar-refractivity contribution in [2.75, 3.05) is 13.2 Å². The summed E-state index contributed by atoms with van der Waals surface area (Å²) in [5, 5.41) is 11.3. The molecule has 0 amide bonds. The van der Waals surface area contributed by atoms with E-state index in [0.717, 1.165) is 42.9 Å². The quantitative estimate of drug-likeness (QED) is 0.844. The highest BCUT2D eigenvalue weighted by Crippen LogP contribution is 2.24. The van der Waals surface area contributed by atoms with E-state index in [4.69, 9.17) is 4.74 Å². The highest BCUT2D eigenvalue weighted by atomic mass is 16.5. The van der Waals surface area contributed by atoms with Crippen molar-refractivity contribution in [3.8, 4) is 0 Å². The number of carbonyl (C=O) groups excluding carboxylic acids is 1. The van der Waals surface area contributed by atoms with Gasteiger partial charge in [-0.05, 0) is 13.8 Å². The smallest absolute Gasteiger partial charge is 0.359 e. The first kappa shape index (κ1) is 14.8. The van der Waals surface area contributed by atoms with Crippen molar-refractivity contribution >= 4 is 5.97 Å². The number of carbonyl (C=O) groups is 1. The molecule has 1 aliphatic rings. The molecule has 3 rings (SSSR count). The molecule has 0 unspecified atom stereocenters. The second kappa shape index (κ2) is 6.31. The summed E-state index contributed by atoms with van der Waals surface area (Å²) in [7, 11) is 0. The zero-order valence-electron chi connectivity index (χ0n) is 13.0. The van der Waals surface area contributed by atoms with Crippen LogP contribution in [0.1, 0.15) is 41.2 Å². The van der Waals surface area contributed by atoms with Crippen LogP contribution in [0.4, 0.5) is 0 Å². The fourth-order valence-corrected chi connectivity index (χ4v) is 2.93. The lowest BCUT2D eigenvalue weighted by atomic mass is 10.0. The number of fused-ring (bicyclic) bond motifs is 1. The minimum atomic E-state index is -0.323. The third kappa shape index (κ3) is 2.76. The molecule has 2 aromatic rings. The molecule has 0 fully saturated rings. The number of aryl methyl sites for hydroxylation is 1. The van der Waals surface area contributed by atoms with Crippen LogP contribution in [-0.2, 0) is 30.8 Å².